The maximum Gasteiger partial charge on any atom is 0.277 e. The zero-order valence-electron chi connectivity index (χ0n) is 14.8. The van der Waals surface area contributed by atoms with Crippen molar-refractivity contribution < 1.29 is 9.59 Å². The van der Waals surface area contributed by atoms with Crippen LogP contribution in [0.1, 0.15) is 37.7 Å². The molecule has 2 aliphatic heterocycles. The van der Waals surface area contributed by atoms with E-state index in [1.54, 1.807) is 7.05 Å². The fourth-order valence-corrected chi connectivity index (χ4v) is 4.32. The third-order valence-electron chi connectivity index (χ3n) is 5.64. The average Bonchev–Trinajstić information content (AvgIpc) is 2.87. The van der Waals surface area contributed by atoms with Crippen LogP contribution in [0.2, 0.25) is 0 Å². The Morgan fingerprint density at radius 1 is 1.00 bits per heavy atom. The number of benzene rings is 1. The van der Waals surface area contributed by atoms with Gasteiger partial charge in [-0.1, -0.05) is 49.6 Å². The predicted octanol–water partition coefficient (Wildman–Crippen LogP) is 2.35. The lowest BCUT2D eigenvalue weighted by Gasteiger charge is -2.42. The van der Waals surface area contributed by atoms with Crippen LogP contribution in [-0.4, -0.2) is 52.8 Å². The van der Waals surface area contributed by atoms with Crippen molar-refractivity contribution in [2.24, 2.45) is 0 Å². The van der Waals surface area contributed by atoms with Gasteiger partial charge in [-0.3, -0.25) is 19.4 Å². The lowest BCUT2D eigenvalue weighted by molar-refractivity contribution is -0.136. The van der Waals surface area contributed by atoms with Gasteiger partial charge in [0.15, 0.2) is 0 Å². The van der Waals surface area contributed by atoms with E-state index in [4.69, 9.17) is 0 Å². The number of hydrogen-bond donors (Lipinski definition) is 0. The Morgan fingerprint density at radius 2 is 1.72 bits per heavy atom. The Bertz CT molecular complexity index is 707. The van der Waals surface area contributed by atoms with Crippen LogP contribution in [0.4, 0.5) is 0 Å². The minimum absolute atomic E-state index is 0.120. The van der Waals surface area contributed by atoms with Crippen LogP contribution in [0.5, 0.6) is 0 Å². The van der Waals surface area contributed by atoms with Crippen LogP contribution in [-0.2, 0) is 16.1 Å². The van der Waals surface area contributed by atoms with Gasteiger partial charge in [0.25, 0.3) is 11.8 Å². The van der Waals surface area contributed by atoms with Gasteiger partial charge in [-0.05, 0) is 18.4 Å². The monoisotopic (exact) mass is 339 g/mol. The first-order valence-electron chi connectivity index (χ1n) is 9.23. The van der Waals surface area contributed by atoms with Gasteiger partial charge in [0.1, 0.15) is 5.70 Å². The van der Waals surface area contributed by atoms with E-state index < -0.39 is 0 Å². The van der Waals surface area contributed by atoms with E-state index in [9.17, 15) is 9.59 Å². The summed E-state index contributed by atoms with van der Waals surface area (Å²) in [4.78, 5) is 31.0. The van der Waals surface area contributed by atoms with Crippen molar-refractivity contribution in [3.63, 3.8) is 0 Å². The molecule has 0 radical (unpaired) electrons. The maximum atomic E-state index is 12.7. The first-order chi connectivity index (χ1) is 12.1. The third kappa shape index (κ3) is 2.97. The van der Waals surface area contributed by atoms with Crippen LogP contribution >= 0.6 is 0 Å². The quantitative estimate of drug-likeness (QED) is 0.793. The summed E-state index contributed by atoms with van der Waals surface area (Å²) in [7, 11) is 1.60. The Hall–Kier alpha value is -2.14. The number of amides is 2. The number of likely N-dealkylation sites (N-methyl/N-ethyl adjacent to an activating group) is 1. The van der Waals surface area contributed by atoms with Crippen molar-refractivity contribution >= 4 is 11.8 Å². The molecule has 0 N–H and O–H groups in total. The molecule has 4 rings (SSSR count). The Morgan fingerprint density at radius 3 is 2.44 bits per heavy atom. The van der Waals surface area contributed by atoms with Crippen molar-refractivity contribution in [3.8, 4) is 0 Å². The Balaban J connectivity index is 1.63. The van der Waals surface area contributed by atoms with Gasteiger partial charge < -0.3 is 4.90 Å². The van der Waals surface area contributed by atoms with Crippen molar-refractivity contribution in [1.29, 1.82) is 0 Å². The second-order valence-electron chi connectivity index (χ2n) is 7.37. The highest BCUT2D eigenvalue weighted by Crippen LogP contribution is 2.34. The van der Waals surface area contributed by atoms with Gasteiger partial charge >= 0.3 is 0 Å². The van der Waals surface area contributed by atoms with E-state index in [1.807, 2.05) is 18.2 Å². The van der Waals surface area contributed by atoms with Crippen molar-refractivity contribution in [2.45, 2.75) is 44.7 Å². The van der Waals surface area contributed by atoms with E-state index >= 15 is 0 Å². The molecule has 2 heterocycles. The molecule has 3 aliphatic rings. The number of imide groups is 1. The van der Waals surface area contributed by atoms with Gasteiger partial charge in [0.05, 0.1) is 12.2 Å². The van der Waals surface area contributed by atoms with Crippen LogP contribution in [0.15, 0.2) is 41.6 Å². The fourth-order valence-electron chi connectivity index (χ4n) is 4.32. The SMILES string of the molecule is CN1C(=O)C2=C(C1=O)N(C1CCCCC1)CN(Cc1ccccc1)C2. The molecule has 0 bridgehead atoms. The first-order valence-corrected chi connectivity index (χ1v) is 9.23. The largest absolute Gasteiger partial charge is 0.351 e. The highest BCUT2D eigenvalue weighted by molar-refractivity contribution is 6.19. The van der Waals surface area contributed by atoms with E-state index in [2.05, 4.69) is 21.9 Å². The maximum absolute atomic E-state index is 12.7. The zero-order valence-corrected chi connectivity index (χ0v) is 14.8. The molecule has 1 aromatic carbocycles. The number of nitrogens with zero attached hydrogens (tertiary/aromatic N) is 3. The summed E-state index contributed by atoms with van der Waals surface area (Å²) in [5, 5.41) is 0. The van der Waals surface area contributed by atoms with Gasteiger partial charge in [-0.25, -0.2) is 0 Å². The molecule has 5 heteroatoms. The van der Waals surface area contributed by atoms with Gasteiger partial charge in [-0.2, -0.15) is 0 Å². The summed E-state index contributed by atoms with van der Waals surface area (Å²) in [6.07, 6.45) is 5.92. The fraction of sp³-hybridized carbons (Fsp3) is 0.500. The minimum Gasteiger partial charge on any atom is -0.351 e. The lowest BCUT2D eigenvalue weighted by Crippen LogP contribution is -2.49. The predicted molar refractivity (Wildman–Crippen MR) is 95.2 cm³/mol. The summed E-state index contributed by atoms with van der Waals surface area (Å²) in [5.74, 6) is -0.247. The second-order valence-corrected chi connectivity index (χ2v) is 7.37. The van der Waals surface area contributed by atoms with Gasteiger partial charge in [-0.15, -0.1) is 0 Å². The highest BCUT2D eigenvalue weighted by atomic mass is 16.2. The summed E-state index contributed by atoms with van der Waals surface area (Å²) < 4.78 is 0. The van der Waals surface area contributed by atoms with E-state index in [-0.39, 0.29) is 11.8 Å². The molecule has 0 atom stereocenters. The summed E-state index contributed by atoms with van der Waals surface area (Å²) in [6.45, 7) is 2.08. The van der Waals surface area contributed by atoms with Crippen LogP contribution in [0.25, 0.3) is 0 Å². The molecule has 0 aromatic heterocycles. The topological polar surface area (TPSA) is 43.9 Å². The Kier molecular flexibility index (Phi) is 4.34. The number of hydrogen-bond acceptors (Lipinski definition) is 4. The molecule has 2 amide bonds. The van der Waals surface area contributed by atoms with Crippen LogP contribution in [0.3, 0.4) is 0 Å². The molecule has 1 aromatic rings. The summed E-state index contributed by atoms with van der Waals surface area (Å²) >= 11 is 0. The van der Waals surface area contributed by atoms with Gasteiger partial charge in [0.2, 0.25) is 0 Å². The molecule has 25 heavy (non-hydrogen) atoms. The molecule has 0 unspecified atom stereocenters. The summed E-state index contributed by atoms with van der Waals surface area (Å²) in [5.41, 5.74) is 2.59. The highest BCUT2D eigenvalue weighted by Gasteiger charge is 2.44. The second kappa shape index (κ2) is 6.64. The molecule has 1 fully saturated rings. The smallest absolute Gasteiger partial charge is 0.277 e. The molecule has 0 saturated heterocycles. The molecule has 132 valence electrons. The minimum atomic E-state index is -0.126. The standard InChI is InChI=1S/C20H25N3O2/c1-21-19(24)17-13-22(12-15-8-4-2-5-9-15)14-23(18(17)20(21)25)16-10-6-3-7-11-16/h2,4-5,8-9,16H,3,6-7,10-14H2,1H3. The number of rotatable bonds is 3. The van der Waals surface area contributed by atoms with Crippen molar-refractivity contribution in [2.75, 3.05) is 20.3 Å². The molecule has 0 spiro atoms. The molecule has 1 saturated carbocycles. The Labute approximate surface area is 148 Å². The molecule has 5 nitrogen and oxygen atoms in total. The third-order valence-corrected chi connectivity index (χ3v) is 5.64. The van der Waals surface area contributed by atoms with E-state index in [0.29, 0.717) is 23.9 Å². The van der Waals surface area contributed by atoms with Crippen LogP contribution in [0, 0.1) is 0 Å². The molecular weight excluding hydrogens is 314 g/mol. The van der Waals surface area contributed by atoms with E-state index in [0.717, 1.165) is 26.1 Å². The zero-order chi connectivity index (χ0) is 17.4. The number of carbonyl (C=O) groups is 2. The summed E-state index contributed by atoms with van der Waals surface area (Å²) in [6, 6.07) is 10.7. The molecular formula is C20H25N3O2. The normalized spacial score (nSPS) is 22.8. The molecule has 1 aliphatic carbocycles. The average molecular weight is 339 g/mol. The number of carbonyl (C=O) groups excluding carboxylic acids is 2. The first kappa shape index (κ1) is 16.3. The van der Waals surface area contributed by atoms with Gasteiger partial charge in [0, 0.05) is 26.2 Å². The van der Waals surface area contributed by atoms with Crippen LogP contribution < -0.4 is 0 Å². The van der Waals surface area contributed by atoms with Crippen molar-refractivity contribution in [1.82, 2.24) is 14.7 Å². The van der Waals surface area contributed by atoms with E-state index in [1.165, 1.54) is 29.7 Å². The lowest BCUT2D eigenvalue weighted by atomic mass is 9.93. The van der Waals surface area contributed by atoms with Crippen molar-refractivity contribution in [3.05, 3.63) is 47.2 Å².